The van der Waals surface area contributed by atoms with Gasteiger partial charge in [-0.1, -0.05) is 6.07 Å². The quantitative estimate of drug-likeness (QED) is 0.890. The fraction of sp³-hybridized carbons (Fsp3) is 0.429. The summed E-state index contributed by atoms with van der Waals surface area (Å²) in [5, 5.41) is 11.8. The van der Waals surface area contributed by atoms with Crippen molar-refractivity contribution in [3.05, 3.63) is 29.6 Å². The van der Waals surface area contributed by atoms with Gasteiger partial charge in [0, 0.05) is 13.2 Å². The monoisotopic (exact) mass is 262 g/mol. The highest BCUT2D eigenvalue weighted by molar-refractivity contribution is 5.97. The van der Waals surface area contributed by atoms with Gasteiger partial charge in [0.05, 0.1) is 11.8 Å². The molecule has 5 heteroatoms. The number of hydrogen-bond donors (Lipinski definition) is 1. The Balaban J connectivity index is 2.18. The molecule has 1 aliphatic heterocycles. The lowest BCUT2D eigenvalue weighted by molar-refractivity contribution is -0.126. The van der Waals surface area contributed by atoms with Crippen LogP contribution in [0.2, 0.25) is 0 Å². The van der Waals surface area contributed by atoms with Gasteiger partial charge in [-0.05, 0) is 37.5 Å². The molecule has 0 atom stereocenters. The largest absolute Gasteiger partial charge is 0.381 e. The highest BCUT2D eigenvalue weighted by Gasteiger charge is 2.40. The number of carbonyl (C=O) groups excluding carboxylic acids is 1. The van der Waals surface area contributed by atoms with Crippen molar-refractivity contribution in [2.75, 3.05) is 18.5 Å². The van der Waals surface area contributed by atoms with E-state index in [1.807, 2.05) is 0 Å². The summed E-state index contributed by atoms with van der Waals surface area (Å²) in [4.78, 5) is 12.2. The van der Waals surface area contributed by atoms with Crippen molar-refractivity contribution in [2.24, 2.45) is 5.41 Å². The van der Waals surface area contributed by atoms with Crippen LogP contribution in [0.3, 0.4) is 0 Å². The fourth-order valence-electron chi connectivity index (χ4n) is 2.07. The van der Waals surface area contributed by atoms with Gasteiger partial charge in [0.25, 0.3) is 0 Å². The first kappa shape index (κ1) is 13.5. The zero-order valence-corrected chi connectivity index (χ0v) is 10.7. The van der Waals surface area contributed by atoms with Gasteiger partial charge in [-0.25, -0.2) is 4.39 Å². The Bertz CT molecular complexity index is 531. The lowest BCUT2D eigenvalue weighted by Crippen LogP contribution is -2.40. The summed E-state index contributed by atoms with van der Waals surface area (Å²) < 4.78 is 18.8. The molecule has 0 aliphatic carbocycles. The zero-order chi connectivity index (χ0) is 13.9. The van der Waals surface area contributed by atoms with E-state index < -0.39 is 17.1 Å². The molecule has 2 rings (SSSR count). The molecule has 1 heterocycles. The van der Waals surface area contributed by atoms with Crippen LogP contribution in [0.25, 0.3) is 0 Å². The maximum atomic E-state index is 13.7. The number of rotatable bonds is 2. The molecule has 1 aromatic carbocycles. The number of halogens is 1. The van der Waals surface area contributed by atoms with Gasteiger partial charge in [0.2, 0.25) is 5.91 Å². The number of aryl methyl sites for hydroxylation is 1. The number of nitriles is 1. The highest BCUT2D eigenvalue weighted by Crippen LogP contribution is 2.31. The van der Waals surface area contributed by atoms with Crippen molar-refractivity contribution < 1.29 is 13.9 Å². The molecule has 0 saturated carbocycles. The average Bonchev–Trinajstić information content (AvgIpc) is 2.42. The number of anilines is 1. The molecule has 4 nitrogen and oxygen atoms in total. The van der Waals surface area contributed by atoms with Crippen LogP contribution in [0.15, 0.2) is 18.2 Å². The molecule has 1 fully saturated rings. The van der Waals surface area contributed by atoms with Gasteiger partial charge in [0.1, 0.15) is 11.2 Å². The molecule has 0 aromatic heterocycles. The molecule has 0 bridgehead atoms. The van der Waals surface area contributed by atoms with Crippen LogP contribution in [0.1, 0.15) is 18.4 Å². The van der Waals surface area contributed by atoms with Crippen molar-refractivity contribution in [3.8, 4) is 6.07 Å². The second kappa shape index (κ2) is 5.37. The predicted octanol–water partition coefficient (Wildman–Crippen LogP) is 2.39. The fourth-order valence-corrected chi connectivity index (χ4v) is 2.07. The van der Waals surface area contributed by atoms with Crippen LogP contribution < -0.4 is 5.32 Å². The summed E-state index contributed by atoms with van der Waals surface area (Å²) in [5.41, 5.74) is -0.233. The Hall–Kier alpha value is -1.93. The summed E-state index contributed by atoms with van der Waals surface area (Å²) in [7, 11) is 0. The van der Waals surface area contributed by atoms with Crippen molar-refractivity contribution in [3.63, 3.8) is 0 Å². The first-order valence-corrected chi connectivity index (χ1v) is 6.14. The third-order valence-electron chi connectivity index (χ3n) is 3.37. The maximum Gasteiger partial charge on any atom is 0.245 e. The van der Waals surface area contributed by atoms with Gasteiger partial charge < -0.3 is 10.1 Å². The first-order valence-electron chi connectivity index (χ1n) is 6.14. The number of nitrogens with zero attached hydrogens (tertiary/aromatic N) is 1. The van der Waals surface area contributed by atoms with Gasteiger partial charge >= 0.3 is 0 Å². The molecular weight excluding hydrogens is 247 g/mol. The topological polar surface area (TPSA) is 62.1 Å². The van der Waals surface area contributed by atoms with E-state index in [-0.39, 0.29) is 5.69 Å². The standard InChI is InChI=1S/C14H15FN2O2/c1-10-2-3-12(11(15)8-10)17-13(18)14(9-16)4-6-19-7-5-14/h2-3,8H,4-7H2,1H3,(H,17,18). The van der Waals surface area contributed by atoms with Crippen LogP contribution in [-0.2, 0) is 9.53 Å². The molecule has 100 valence electrons. The molecule has 0 unspecified atom stereocenters. The second-order valence-electron chi connectivity index (χ2n) is 4.74. The lowest BCUT2D eigenvalue weighted by Gasteiger charge is -2.29. The van der Waals surface area contributed by atoms with Crippen LogP contribution in [0, 0.1) is 29.5 Å². The summed E-state index contributed by atoms with van der Waals surface area (Å²) in [6.07, 6.45) is 0.672. The minimum Gasteiger partial charge on any atom is -0.381 e. The average molecular weight is 262 g/mol. The van der Waals surface area contributed by atoms with Gasteiger partial charge in [-0.15, -0.1) is 0 Å². The summed E-state index contributed by atoms with van der Waals surface area (Å²) in [6.45, 7) is 2.51. The van der Waals surface area contributed by atoms with Crippen molar-refractivity contribution in [2.45, 2.75) is 19.8 Å². The lowest BCUT2D eigenvalue weighted by atomic mass is 9.81. The molecule has 1 N–H and O–H groups in total. The molecule has 1 saturated heterocycles. The molecule has 0 spiro atoms. The Labute approximate surface area is 111 Å². The van der Waals surface area contributed by atoms with Crippen LogP contribution in [-0.4, -0.2) is 19.1 Å². The van der Waals surface area contributed by atoms with Crippen LogP contribution in [0.5, 0.6) is 0 Å². The number of ether oxygens (including phenoxy) is 1. The molecule has 1 aliphatic rings. The third kappa shape index (κ3) is 2.74. The third-order valence-corrected chi connectivity index (χ3v) is 3.37. The van der Waals surface area contributed by atoms with Crippen LogP contribution >= 0.6 is 0 Å². The van der Waals surface area contributed by atoms with E-state index in [0.29, 0.717) is 26.1 Å². The minimum atomic E-state index is -1.12. The molecule has 1 amide bonds. The second-order valence-corrected chi connectivity index (χ2v) is 4.74. The Morgan fingerprint density at radius 1 is 1.47 bits per heavy atom. The molecular formula is C14H15FN2O2. The van der Waals surface area contributed by atoms with E-state index in [1.54, 1.807) is 13.0 Å². The van der Waals surface area contributed by atoms with E-state index in [9.17, 15) is 14.4 Å². The van der Waals surface area contributed by atoms with Gasteiger partial charge in [-0.2, -0.15) is 5.26 Å². The number of nitrogens with one attached hydrogen (secondary N) is 1. The Morgan fingerprint density at radius 2 is 2.16 bits per heavy atom. The van der Waals surface area contributed by atoms with E-state index in [1.165, 1.54) is 12.1 Å². The van der Waals surface area contributed by atoms with Crippen LogP contribution in [0.4, 0.5) is 10.1 Å². The summed E-state index contributed by atoms with van der Waals surface area (Å²) in [5.74, 6) is -0.949. The molecule has 0 radical (unpaired) electrons. The van der Waals surface area contributed by atoms with Crippen molar-refractivity contribution in [1.82, 2.24) is 0 Å². The van der Waals surface area contributed by atoms with Gasteiger partial charge in [-0.3, -0.25) is 4.79 Å². The smallest absolute Gasteiger partial charge is 0.245 e. The first-order chi connectivity index (χ1) is 9.07. The van der Waals surface area contributed by atoms with Crippen molar-refractivity contribution in [1.29, 1.82) is 5.26 Å². The summed E-state index contributed by atoms with van der Waals surface area (Å²) >= 11 is 0. The number of carbonyl (C=O) groups is 1. The maximum absolute atomic E-state index is 13.7. The predicted molar refractivity (Wildman–Crippen MR) is 67.9 cm³/mol. The minimum absolute atomic E-state index is 0.108. The molecule has 1 aromatic rings. The number of amides is 1. The Morgan fingerprint density at radius 3 is 2.74 bits per heavy atom. The van der Waals surface area contributed by atoms with E-state index in [4.69, 9.17) is 4.74 Å². The van der Waals surface area contributed by atoms with E-state index in [2.05, 4.69) is 11.4 Å². The zero-order valence-electron chi connectivity index (χ0n) is 10.7. The number of hydrogen-bond acceptors (Lipinski definition) is 3. The van der Waals surface area contributed by atoms with E-state index in [0.717, 1.165) is 5.56 Å². The van der Waals surface area contributed by atoms with Gasteiger partial charge in [0.15, 0.2) is 0 Å². The normalized spacial score (nSPS) is 17.5. The Kier molecular flexibility index (Phi) is 3.82. The SMILES string of the molecule is Cc1ccc(NC(=O)C2(C#N)CCOCC2)c(F)c1. The van der Waals surface area contributed by atoms with E-state index >= 15 is 0 Å². The highest BCUT2D eigenvalue weighted by atomic mass is 19.1. The number of benzene rings is 1. The summed E-state index contributed by atoms with van der Waals surface area (Å²) in [6, 6.07) is 6.62. The molecule has 19 heavy (non-hydrogen) atoms. The van der Waals surface area contributed by atoms with Crippen molar-refractivity contribution >= 4 is 11.6 Å².